The maximum absolute atomic E-state index is 11.8. The molecule has 2 aromatic rings. The van der Waals surface area contributed by atoms with E-state index < -0.39 is 5.97 Å². The maximum Gasteiger partial charge on any atom is 0.307 e. The van der Waals surface area contributed by atoms with Gasteiger partial charge in [-0.2, -0.15) is 0 Å². The second-order valence-electron chi connectivity index (χ2n) is 9.12. The summed E-state index contributed by atoms with van der Waals surface area (Å²) in [6.07, 6.45) is 2.00. The minimum Gasteiger partial charge on any atom is -0.493 e. The van der Waals surface area contributed by atoms with E-state index in [-0.39, 0.29) is 11.8 Å². The van der Waals surface area contributed by atoms with Crippen molar-refractivity contribution >= 4 is 11.7 Å². The van der Waals surface area contributed by atoms with Crippen molar-refractivity contribution in [1.82, 2.24) is 4.98 Å². The van der Waals surface area contributed by atoms with Gasteiger partial charge in [0.2, 0.25) is 5.75 Å². The number of anilines is 1. The summed E-state index contributed by atoms with van der Waals surface area (Å²) < 4.78 is 16.6. The van der Waals surface area contributed by atoms with Crippen LogP contribution in [0.2, 0.25) is 0 Å². The molecule has 0 atom stereocenters. The van der Waals surface area contributed by atoms with Crippen LogP contribution in [0.3, 0.4) is 0 Å². The molecule has 7 heteroatoms. The first-order chi connectivity index (χ1) is 15.1. The molecule has 1 saturated heterocycles. The lowest BCUT2D eigenvalue weighted by Crippen LogP contribution is -2.38. The Bertz CT molecular complexity index is 981. The van der Waals surface area contributed by atoms with Crippen LogP contribution < -0.4 is 19.1 Å². The van der Waals surface area contributed by atoms with Crippen molar-refractivity contribution < 1.29 is 24.1 Å². The molecule has 1 aliphatic rings. The van der Waals surface area contributed by atoms with Crippen molar-refractivity contribution in [2.45, 2.75) is 47.0 Å². The number of piperidine rings is 1. The summed E-state index contributed by atoms with van der Waals surface area (Å²) in [7, 11) is 4.75. The second-order valence-corrected chi connectivity index (χ2v) is 9.12. The van der Waals surface area contributed by atoms with Crippen LogP contribution in [0.5, 0.6) is 17.2 Å². The lowest BCUT2D eigenvalue weighted by atomic mass is 9.82. The third kappa shape index (κ3) is 4.61. The molecule has 0 unspecified atom stereocenters. The lowest BCUT2D eigenvalue weighted by molar-refractivity contribution is -0.136. The fraction of sp³-hybridized carbons (Fsp3) is 0.520. The molecule has 0 radical (unpaired) electrons. The molecular weight excluding hydrogens is 408 g/mol. The van der Waals surface area contributed by atoms with Gasteiger partial charge in [0.15, 0.2) is 11.5 Å². The maximum atomic E-state index is 11.8. The molecule has 174 valence electrons. The summed E-state index contributed by atoms with van der Waals surface area (Å²) in [5.74, 6) is 0.747. The largest absolute Gasteiger partial charge is 0.493 e. The first kappa shape index (κ1) is 23.7. The topological polar surface area (TPSA) is 81.1 Å². The summed E-state index contributed by atoms with van der Waals surface area (Å²) in [5.41, 5.74) is 5.33. The summed E-state index contributed by atoms with van der Waals surface area (Å²) in [5, 5.41) is 9.66. The van der Waals surface area contributed by atoms with Crippen molar-refractivity contribution in [2.24, 2.45) is 5.41 Å². The average molecular weight is 443 g/mol. The molecule has 1 fully saturated rings. The molecule has 1 aromatic heterocycles. The van der Waals surface area contributed by atoms with Crippen molar-refractivity contribution in [1.29, 1.82) is 0 Å². The Morgan fingerprint density at radius 2 is 1.59 bits per heavy atom. The predicted octanol–water partition coefficient (Wildman–Crippen LogP) is 4.64. The number of hydrogen-bond donors (Lipinski definition) is 1. The molecule has 1 N–H and O–H groups in total. The van der Waals surface area contributed by atoms with Crippen molar-refractivity contribution in [3.8, 4) is 28.4 Å². The summed E-state index contributed by atoms with van der Waals surface area (Å²) >= 11 is 0. The normalized spacial score (nSPS) is 15.4. The fourth-order valence-electron chi connectivity index (χ4n) is 4.49. The SMILES string of the molecule is COc1cc(-c2c(C)nc(C)c(CC(=O)O)c2N2CCC(C)(C)CC2)cc(OC)c1OC. The summed E-state index contributed by atoms with van der Waals surface area (Å²) in [6, 6.07) is 3.81. The number of carboxylic acid groups (broad SMARTS) is 1. The Morgan fingerprint density at radius 3 is 2.06 bits per heavy atom. The van der Waals surface area contributed by atoms with Crippen LogP contribution in [0.4, 0.5) is 5.69 Å². The molecule has 1 aliphatic heterocycles. The highest BCUT2D eigenvalue weighted by molar-refractivity contribution is 5.88. The monoisotopic (exact) mass is 442 g/mol. The number of rotatable bonds is 7. The molecule has 0 spiro atoms. The van der Waals surface area contributed by atoms with Gasteiger partial charge in [-0.1, -0.05) is 13.8 Å². The molecule has 0 amide bonds. The number of aryl methyl sites for hydroxylation is 2. The first-order valence-electron chi connectivity index (χ1n) is 10.9. The van der Waals surface area contributed by atoms with Gasteiger partial charge in [-0.05, 0) is 49.8 Å². The van der Waals surface area contributed by atoms with E-state index in [1.165, 1.54) is 0 Å². The third-order valence-electron chi connectivity index (χ3n) is 6.37. The van der Waals surface area contributed by atoms with E-state index in [1.54, 1.807) is 21.3 Å². The van der Waals surface area contributed by atoms with Gasteiger partial charge < -0.3 is 24.2 Å². The van der Waals surface area contributed by atoms with Gasteiger partial charge in [0.25, 0.3) is 0 Å². The third-order valence-corrected chi connectivity index (χ3v) is 6.37. The van der Waals surface area contributed by atoms with Crippen molar-refractivity contribution in [3.05, 3.63) is 29.1 Å². The molecule has 1 aromatic carbocycles. The number of nitrogens with zero attached hydrogens (tertiary/aromatic N) is 2. The molecule has 0 bridgehead atoms. The van der Waals surface area contributed by atoms with Gasteiger partial charge in [-0.3, -0.25) is 9.78 Å². The number of benzene rings is 1. The van der Waals surface area contributed by atoms with E-state index in [0.29, 0.717) is 17.2 Å². The molecule has 0 aliphatic carbocycles. The lowest BCUT2D eigenvalue weighted by Gasteiger charge is -2.40. The standard InChI is InChI=1S/C25H34N2O5/c1-15-18(14-21(28)29)23(27-10-8-25(3,4)9-11-27)22(16(2)26-15)17-12-19(30-5)24(32-7)20(13-17)31-6/h12-13H,8-11,14H2,1-7H3,(H,28,29). The first-order valence-corrected chi connectivity index (χ1v) is 10.9. The van der Waals surface area contributed by atoms with Crippen molar-refractivity contribution in [3.63, 3.8) is 0 Å². The summed E-state index contributed by atoms with van der Waals surface area (Å²) in [4.78, 5) is 18.8. The van der Waals surface area contributed by atoms with Crippen LogP contribution in [0.15, 0.2) is 12.1 Å². The van der Waals surface area contributed by atoms with Gasteiger partial charge >= 0.3 is 5.97 Å². The van der Waals surface area contributed by atoms with E-state index in [9.17, 15) is 9.90 Å². The smallest absolute Gasteiger partial charge is 0.307 e. The molecule has 7 nitrogen and oxygen atoms in total. The molecule has 32 heavy (non-hydrogen) atoms. The Labute approximate surface area is 190 Å². The number of pyridine rings is 1. The van der Waals surface area contributed by atoms with E-state index in [4.69, 9.17) is 19.2 Å². The van der Waals surface area contributed by atoms with Crippen LogP contribution in [-0.4, -0.2) is 50.5 Å². The van der Waals surface area contributed by atoms with Crippen LogP contribution in [0, 0.1) is 19.3 Å². The Kier molecular flexibility index (Phi) is 6.86. The van der Waals surface area contributed by atoms with Gasteiger partial charge in [0, 0.05) is 35.6 Å². The van der Waals surface area contributed by atoms with Gasteiger partial charge in [0.1, 0.15) is 0 Å². The Hall–Kier alpha value is -2.96. The predicted molar refractivity (Wildman–Crippen MR) is 125 cm³/mol. The molecule has 0 saturated carbocycles. The Balaban J connectivity index is 2.29. The number of carboxylic acids is 1. The van der Waals surface area contributed by atoms with Crippen LogP contribution in [0.1, 0.15) is 43.6 Å². The second kappa shape index (κ2) is 9.27. The highest BCUT2D eigenvalue weighted by atomic mass is 16.5. The molecule has 3 rings (SSSR count). The fourth-order valence-corrected chi connectivity index (χ4v) is 4.49. The quantitative estimate of drug-likeness (QED) is 0.669. The number of aromatic nitrogens is 1. The van der Waals surface area contributed by atoms with E-state index >= 15 is 0 Å². The summed E-state index contributed by atoms with van der Waals surface area (Å²) in [6.45, 7) is 10.1. The van der Waals surface area contributed by atoms with Crippen LogP contribution in [-0.2, 0) is 11.2 Å². The zero-order valence-electron chi connectivity index (χ0n) is 20.2. The highest BCUT2D eigenvalue weighted by Gasteiger charge is 2.30. The van der Waals surface area contributed by atoms with E-state index in [0.717, 1.165) is 59.7 Å². The number of carbonyl (C=O) groups is 1. The molecule has 2 heterocycles. The van der Waals surface area contributed by atoms with Gasteiger partial charge in [-0.15, -0.1) is 0 Å². The number of methoxy groups -OCH3 is 3. The van der Waals surface area contributed by atoms with E-state index in [1.807, 2.05) is 26.0 Å². The average Bonchev–Trinajstić information content (AvgIpc) is 2.74. The van der Waals surface area contributed by atoms with Crippen LogP contribution in [0.25, 0.3) is 11.1 Å². The van der Waals surface area contributed by atoms with Crippen LogP contribution >= 0.6 is 0 Å². The minimum atomic E-state index is -0.867. The van der Waals surface area contributed by atoms with E-state index in [2.05, 4.69) is 18.7 Å². The number of aliphatic carboxylic acids is 1. The minimum absolute atomic E-state index is 0.0776. The van der Waals surface area contributed by atoms with Crippen molar-refractivity contribution in [2.75, 3.05) is 39.3 Å². The van der Waals surface area contributed by atoms with Gasteiger partial charge in [-0.25, -0.2) is 0 Å². The molecular formula is C25H34N2O5. The zero-order valence-corrected chi connectivity index (χ0v) is 20.2. The van der Waals surface area contributed by atoms with Gasteiger partial charge in [0.05, 0.1) is 33.4 Å². The Morgan fingerprint density at radius 1 is 1.03 bits per heavy atom. The number of hydrogen-bond acceptors (Lipinski definition) is 6. The zero-order chi connectivity index (χ0) is 23.6. The number of ether oxygens (including phenoxy) is 3. The highest BCUT2D eigenvalue weighted by Crippen LogP contribution is 2.46.